The van der Waals surface area contributed by atoms with E-state index in [0.717, 1.165) is 25.9 Å². The molecule has 30 heavy (non-hydrogen) atoms. The van der Waals surface area contributed by atoms with Crippen LogP contribution in [0.5, 0.6) is 0 Å². The van der Waals surface area contributed by atoms with Crippen molar-refractivity contribution in [3.8, 4) is 0 Å². The first kappa shape index (κ1) is 20.4. The van der Waals surface area contributed by atoms with Crippen molar-refractivity contribution in [3.05, 3.63) is 108 Å². The summed E-state index contributed by atoms with van der Waals surface area (Å²) in [6.45, 7) is 3.84. The molecule has 1 unspecified atom stereocenters. The number of ether oxygens (including phenoxy) is 1. The van der Waals surface area contributed by atoms with Crippen molar-refractivity contribution in [2.75, 3.05) is 0 Å². The van der Waals surface area contributed by atoms with Gasteiger partial charge >= 0.3 is 5.97 Å². The number of benzene rings is 3. The van der Waals surface area contributed by atoms with Crippen molar-refractivity contribution in [3.63, 3.8) is 0 Å². The normalized spacial score (nSPS) is 19.6. The third-order valence-corrected chi connectivity index (χ3v) is 6.01. The van der Waals surface area contributed by atoms with E-state index in [1.165, 1.54) is 16.7 Å². The highest BCUT2D eigenvalue weighted by molar-refractivity contribution is 5.75. The van der Waals surface area contributed by atoms with Gasteiger partial charge in [0.1, 0.15) is 6.10 Å². The molecule has 1 heterocycles. The van der Waals surface area contributed by atoms with Crippen LogP contribution >= 0.6 is 0 Å². The van der Waals surface area contributed by atoms with E-state index in [2.05, 4.69) is 72.5 Å². The predicted octanol–water partition coefficient (Wildman–Crippen LogP) is 5.25. The summed E-state index contributed by atoms with van der Waals surface area (Å²) in [7, 11) is 0. The van der Waals surface area contributed by atoms with E-state index in [0.29, 0.717) is 0 Å². The van der Waals surface area contributed by atoms with E-state index >= 15 is 0 Å². The second-order valence-corrected chi connectivity index (χ2v) is 8.21. The minimum absolute atomic E-state index is 0.0600. The molecule has 3 aromatic rings. The van der Waals surface area contributed by atoms with Crippen molar-refractivity contribution in [2.45, 2.75) is 45.0 Å². The van der Waals surface area contributed by atoms with Gasteiger partial charge in [0, 0.05) is 19.1 Å². The maximum atomic E-state index is 12.6. The van der Waals surface area contributed by atoms with Gasteiger partial charge in [-0.1, -0.05) is 91.0 Å². The quantitative estimate of drug-likeness (QED) is 0.485. The Hall–Kier alpha value is -2.91. The molecule has 3 atom stereocenters. The molecule has 0 spiro atoms. The van der Waals surface area contributed by atoms with Crippen LogP contribution in [0.4, 0.5) is 0 Å². The number of hydrogen-bond donors (Lipinski definition) is 0. The maximum Gasteiger partial charge on any atom is 0.309 e. The van der Waals surface area contributed by atoms with Crippen LogP contribution in [0.3, 0.4) is 0 Å². The van der Waals surface area contributed by atoms with Gasteiger partial charge in [0.25, 0.3) is 0 Å². The summed E-state index contributed by atoms with van der Waals surface area (Å²) in [5.41, 5.74) is 3.73. The van der Waals surface area contributed by atoms with Gasteiger partial charge in [-0.15, -0.1) is 0 Å². The van der Waals surface area contributed by atoms with E-state index in [1.54, 1.807) is 0 Å². The molecule has 0 amide bonds. The molecule has 1 fully saturated rings. The number of rotatable bonds is 8. The molecule has 3 nitrogen and oxygen atoms in total. The van der Waals surface area contributed by atoms with Gasteiger partial charge < -0.3 is 4.74 Å². The lowest BCUT2D eigenvalue weighted by Gasteiger charge is -2.32. The summed E-state index contributed by atoms with van der Waals surface area (Å²) >= 11 is 0. The lowest BCUT2D eigenvalue weighted by molar-refractivity contribution is -0.146. The zero-order chi connectivity index (χ0) is 20.8. The first-order valence-corrected chi connectivity index (χ1v) is 10.8. The highest BCUT2D eigenvalue weighted by Gasteiger charge is 2.39. The molecular formula is C27H29NO2. The predicted molar refractivity (Wildman–Crippen MR) is 120 cm³/mol. The zero-order valence-corrected chi connectivity index (χ0v) is 17.5. The van der Waals surface area contributed by atoms with Gasteiger partial charge in [-0.05, 0) is 36.5 Å². The van der Waals surface area contributed by atoms with Crippen LogP contribution in [0.25, 0.3) is 0 Å². The molecule has 0 radical (unpaired) electrons. The van der Waals surface area contributed by atoms with E-state index in [9.17, 15) is 4.79 Å². The van der Waals surface area contributed by atoms with E-state index in [1.807, 2.05) is 30.3 Å². The van der Waals surface area contributed by atoms with Crippen LogP contribution in [0.2, 0.25) is 0 Å². The topological polar surface area (TPSA) is 29.5 Å². The first-order valence-electron chi connectivity index (χ1n) is 10.8. The molecule has 154 valence electrons. The zero-order valence-electron chi connectivity index (χ0n) is 17.5. The van der Waals surface area contributed by atoms with E-state index in [-0.39, 0.29) is 24.0 Å². The molecule has 3 aromatic carbocycles. The molecule has 0 aromatic heterocycles. The second-order valence-electron chi connectivity index (χ2n) is 8.21. The molecule has 4 rings (SSSR count). The fraction of sp³-hybridized carbons (Fsp3) is 0.296. The van der Waals surface area contributed by atoms with Gasteiger partial charge in [0.2, 0.25) is 0 Å². The van der Waals surface area contributed by atoms with Crippen molar-refractivity contribution in [2.24, 2.45) is 5.92 Å². The van der Waals surface area contributed by atoms with Crippen molar-refractivity contribution >= 4 is 5.97 Å². The van der Waals surface area contributed by atoms with E-state index < -0.39 is 0 Å². The van der Waals surface area contributed by atoms with Gasteiger partial charge in [-0.2, -0.15) is 0 Å². The fourth-order valence-corrected chi connectivity index (χ4v) is 4.25. The number of nitrogens with zero attached hydrogens (tertiary/aromatic N) is 1. The van der Waals surface area contributed by atoms with Crippen LogP contribution in [-0.4, -0.2) is 23.0 Å². The van der Waals surface area contributed by atoms with Crippen molar-refractivity contribution in [1.29, 1.82) is 0 Å². The largest absolute Gasteiger partial charge is 0.460 e. The van der Waals surface area contributed by atoms with Crippen molar-refractivity contribution < 1.29 is 9.53 Å². The first-order chi connectivity index (χ1) is 14.7. The Bertz CT molecular complexity index is 885. The minimum atomic E-state index is -0.0846. The lowest BCUT2D eigenvalue weighted by Crippen LogP contribution is -2.40. The Morgan fingerprint density at radius 2 is 1.27 bits per heavy atom. The third kappa shape index (κ3) is 5.17. The molecule has 3 heteroatoms. The summed E-state index contributed by atoms with van der Waals surface area (Å²) in [6.07, 6.45) is 1.44. The van der Waals surface area contributed by atoms with Gasteiger partial charge in [-0.25, -0.2) is 0 Å². The Labute approximate surface area is 179 Å². The van der Waals surface area contributed by atoms with Gasteiger partial charge in [0.15, 0.2) is 0 Å². The molecule has 0 bridgehead atoms. The van der Waals surface area contributed by atoms with Gasteiger partial charge in [-0.3, -0.25) is 9.69 Å². The van der Waals surface area contributed by atoms with Crippen LogP contribution in [-0.2, 0) is 29.0 Å². The molecular weight excluding hydrogens is 370 g/mol. The van der Waals surface area contributed by atoms with E-state index in [4.69, 9.17) is 4.74 Å². The van der Waals surface area contributed by atoms with Crippen molar-refractivity contribution in [1.82, 2.24) is 4.90 Å². The monoisotopic (exact) mass is 399 g/mol. The van der Waals surface area contributed by atoms with Crippen LogP contribution < -0.4 is 0 Å². The highest BCUT2D eigenvalue weighted by Crippen LogP contribution is 2.30. The highest BCUT2D eigenvalue weighted by atomic mass is 16.6. The lowest BCUT2D eigenvalue weighted by atomic mass is 9.94. The van der Waals surface area contributed by atoms with Crippen LogP contribution in [0.15, 0.2) is 91.0 Å². The smallest absolute Gasteiger partial charge is 0.309 e. The molecule has 0 N–H and O–H groups in total. The Balaban J connectivity index is 1.47. The second kappa shape index (κ2) is 9.73. The van der Waals surface area contributed by atoms with Crippen LogP contribution in [0.1, 0.15) is 30.0 Å². The number of carbonyl (C=O) groups is 1. The number of carbonyl (C=O) groups excluding carboxylic acids is 1. The summed E-state index contributed by atoms with van der Waals surface area (Å²) in [6, 6.07) is 31.4. The average Bonchev–Trinajstić information content (AvgIpc) is 3.15. The van der Waals surface area contributed by atoms with Gasteiger partial charge in [0.05, 0.1) is 5.92 Å². The molecule has 0 aliphatic carbocycles. The van der Waals surface area contributed by atoms with Crippen LogP contribution in [0, 0.1) is 5.92 Å². The summed E-state index contributed by atoms with van der Waals surface area (Å²) in [4.78, 5) is 15.0. The molecule has 0 saturated carbocycles. The Morgan fingerprint density at radius 3 is 1.77 bits per heavy atom. The average molecular weight is 400 g/mol. The number of esters is 1. The third-order valence-electron chi connectivity index (χ3n) is 6.01. The Kier molecular flexibility index (Phi) is 6.60. The fourth-order valence-electron chi connectivity index (χ4n) is 4.25. The number of cyclic esters (lactones) is 1. The number of hydrogen-bond acceptors (Lipinski definition) is 3. The SMILES string of the molecule is C[C@@H]([C@@H]1CC(Cc2ccccc2)C(=O)O1)N(Cc1ccccc1)Cc1ccccc1. The molecule has 1 aliphatic rings. The maximum absolute atomic E-state index is 12.6. The molecule has 1 saturated heterocycles. The summed E-state index contributed by atoms with van der Waals surface area (Å²) in [5.74, 6) is -0.120. The molecule has 1 aliphatic heterocycles. The standard InChI is InChI=1S/C27H29NO2/c1-21(26-18-25(27(29)30-26)17-22-11-5-2-6-12-22)28(19-23-13-7-3-8-14-23)20-24-15-9-4-10-16-24/h2-16,21,25-26H,17-20H2,1H3/t21-,25?,26-/m0/s1. The summed E-state index contributed by atoms with van der Waals surface area (Å²) in [5, 5.41) is 0. The summed E-state index contributed by atoms with van der Waals surface area (Å²) < 4.78 is 5.88. The Morgan fingerprint density at radius 1 is 0.800 bits per heavy atom. The minimum Gasteiger partial charge on any atom is -0.460 e.